The quantitative estimate of drug-likeness (QED) is 0.781. The van der Waals surface area contributed by atoms with Crippen molar-refractivity contribution in [1.29, 1.82) is 0 Å². The summed E-state index contributed by atoms with van der Waals surface area (Å²) in [6, 6.07) is 0.125. The summed E-state index contributed by atoms with van der Waals surface area (Å²) in [5.41, 5.74) is 0.290. The Kier molecular flexibility index (Phi) is 5.88. The molecule has 2 heterocycles. The first-order valence-electron chi connectivity index (χ1n) is 8.40. The highest BCUT2D eigenvalue weighted by Gasteiger charge is 2.31. The SMILES string of the molecule is CN1CCN(CCCCNC(=O)N2CCC(C)(C)C2)CC1. The van der Waals surface area contributed by atoms with Gasteiger partial charge < -0.3 is 20.0 Å². The zero-order chi connectivity index (χ0) is 15.3. The number of carbonyl (C=O) groups is 1. The molecule has 0 unspecified atom stereocenters. The lowest BCUT2D eigenvalue weighted by Crippen LogP contribution is -2.44. The fourth-order valence-electron chi connectivity index (χ4n) is 3.12. The van der Waals surface area contributed by atoms with Gasteiger partial charge in [-0.05, 0) is 38.3 Å². The fraction of sp³-hybridized carbons (Fsp3) is 0.938. The topological polar surface area (TPSA) is 38.8 Å². The van der Waals surface area contributed by atoms with Gasteiger partial charge in [-0.3, -0.25) is 0 Å². The summed E-state index contributed by atoms with van der Waals surface area (Å²) < 4.78 is 0. The summed E-state index contributed by atoms with van der Waals surface area (Å²) in [5, 5.41) is 3.07. The summed E-state index contributed by atoms with van der Waals surface area (Å²) in [6.45, 7) is 13.0. The van der Waals surface area contributed by atoms with Crippen molar-refractivity contribution in [3.63, 3.8) is 0 Å². The summed E-state index contributed by atoms with van der Waals surface area (Å²) in [5.74, 6) is 0. The van der Waals surface area contributed by atoms with Crippen molar-refractivity contribution in [2.75, 3.05) is 59.4 Å². The van der Waals surface area contributed by atoms with Crippen LogP contribution in [0.15, 0.2) is 0 Å². The van der Waals surface area contributed by atoms with Gasteiger partial charge in [-0.25, -0.2) is 4.79 Å². The molecule has 2 aliphatic heterocycles. The molecule has 1 N–H and O–H groups in total. The van der Waals surface area contributed by atoms with Crippen LogP contribution in [0, 0.1) is 5.41 Å². The van der Waals surface area contributed by atoms with Crippen molar-refractivity contribution in [2.45, 2.75) is 33.1 Å². The van der Waals surface area contributed by atoms with Crippen LogP contribution in [0.2, 0.25) is 0 Å². The van der Waals surface area contributed by atoms with E-state index in [0.717, 1.165) is 32.5 Å². The molecule has 0 aromatic carbocycles. The molecule has 2 saturated heterocycles. The number of nitrogens with zero attached hydrogens (tertiary/aromatic N) is 3. The van der Waals surface area contributed by atoms with Gasteiger partial charge >= 0.3 is 6.03 Å². The number of hydrogen-bond donors (Lipinski definition) is 1. The zero-order valence-corrected chi connectivity index (χ0v) is 14.0. The van der Waals surface area contributed by atoms with Crippen molar-refractivity contribution in [3.05, 3.63) is 0 Å². The smallest absolute Gasteiger partial charge is 0.317 e. The first-order chi connectivity index (χ1) is 9.96. The lowest BCUT2D eigenvalue weighted by atomic mass is 9.93. The Labute approximate surface area is 129 Å². The van der Waals surface area contributed by atoms with Crippen LogP contribution < -0.4 is 5.32 Å². The minimum absolute atomic E-state index is 0.125. The number of likely N-dealkylation sites (tertiary alicyclic amines) is 1. The molecule has 0 aromatic rings. The minimum Gasteiger partial charge on any atom is -0.338 e. The van der Waals surface area contributed by atoms with Gasteiger partial charge in [0.15, 0.2) is 0 Å². The Morgan fingerprint density at radius 3 is 2.43 bits per heavy atom. The highest BCUT2D eigenvalue weighted by molar-refractivity contribution is 5.74. The van der Waals surface area contributed by atoms with Gasteiger partial charge in [0, 0.05) is 45.8 Å². The molecule has 5 nitrogen and oxygen atoms in total. The number of carbonyl (C=O) groups excluding carboxylic acids is 1. The highest BCUT2D eigenvalue weighted by Crippen LogP contribution is 2.28. The average molecular weight is 296 g/mol. The number of likely N-dealkylation sites (N-methyl/N-ethyl adjacent to an activating group) is 1. The van der Waals surface area contributed by atoms with E-state index in [-0.39, 0.29) is 6.03 Å². The van der Waals surface area contributed by atoms with Crippen LogP contribution in [0.3, 0.4) is 0 Å². The standard InChI is InChI=1S/C16H32N4O/c1-16(2)6-9-20(14-16)15(21)17-7-4-5-8-19-12-10-18(3)11-13-19/h4-14H2,1-3H3,(H,17,21). The largest absolute Gasteiger partial charge is 0.338 e. The first-order valence-corrected chi connectivity index (χ1v) is 8.40. The van der Waals surface area contributed by atoms with Crippen LogP contribution in [0.25, 0.3) is 0 Å². The number of amides is 2. The molecule has 2 aliphatic rings. The molecule has 2 amide bonds. The summed E-state index contributed by atoms with van der Waals surface area (Å²) in [7, 11) is 2.19. The van der Waals surface area contributed by atoms with Gasteiger partial charge in [0.25, 0.3) is 0 Å². The zero-order valence-electron chi connectivity index (χ0n) is 14.0. The highest BCUT2D eigenvalue weighted by atomic mass is 16.2. The van der Waals surface area contributed by atoms with Crippen LogP contribution in [0.4, 0.5) is 4.79 Å². The number of unbranched alkanes of at least 4 members (excludes halogenated alkanes) is 1. The maximum Gasteiger partial charge on any atom is 0.317 e. The third-order valence-electron chi connectivity index (χ3n) is 4.74. The summed E-state index contributed by atoms with van der Waals surface area (Å²) >= 11 is 0. The summed E-state index contributed by atoms with van der Waals surface area (Å²) in [4.78, 5) is 18.9. The molecule has 21 heavy (non-hydrogen) atoms. The van der Waals surface area contributed by atoms with Gasteiger partial charge in [0.05, 0.1) is 0 Å². The van der Waals surface area contributed by atoms with Gasteiger partial charge in [-0.15, -0.1) is 0 Å². The second-order valence-electron chi connectivity index (χ2n) is 7.42. The van der Waals surface area contributed by atoms with Crippen LogP contribution in [-0.2, 0) is 0 Å². The Morgan fingerprint density at radius 2 is 1.81 bits per heavy atom. The molecule has 2 rings (SSSR count). The number of urea groups is 1. The number of nitrogens with one attached hydrogen (secondary N) is 1. The maximum atomic E-state index is 12.0. The lowest BCUT2D eigenvalue weighted by molar-refractivity contribution is 0.152. The van der Waals surface area contributed by atoms with Crippen LogP contribution in [0.5, 0.6) is 0 Å². The Morgan fingerprint density at radius 1 is 1.10 bits per heavy atom. The summed E-state index contributed by atoms with van der Waals surface area (Å²) in [6.07, 6.45) is 3.37. The van der Waals surface area contributed by atoms with E-state index in [1.807, 2.05) is 4.90 Å². The van der Waals surface area contributed by atoms with Gasteiger partial charge in [0.1, 0.15) is 0 Å². The van der Waals surface area contributed by atoms with Gasteiger partial charge in [0.2, 0.25) is 0 Å². The number of hydrogen-bond acceptors (Lipinski definition) is 3. The van der Waals surface area contributed by atoms with E-state index < -0.39 is 0 Å². The van der Waals surface area contributed by atoms with E-state index in [2.05, 4.69) is 36.0 Å². The van der Waals surface area contributed by atoms with Crippen molar-refractivity contribution in [2.24, 2.45) is 5.41 Å². The molecule has 5 heteroatoms. The average Bonchev–Trinajstić information content (AvgIpc) is 2.81. The second-order valence-corrected chi connectivity index (χ2v) is 7.42. The molecule has 0 saturated carbocycles. The molecular weight excluding hydrogens is 264 g/mol. The van der Waals surface area contributed by atoms with Crippen LogP contribution in [-0.4, -0.2) is 80.1 Å². The second kappa shape index (κ2) is 7.45. The normalized spacial score (nSPS) is 23.5. The predicted octanol–water partition coefficient (Wildman–Crippen LogP) is 1.46. The molecular formula is C16H32N4O. The van der Waals surface area contributed by atoms with Crippen molar-refractivity contribution in [3.8, 4) is 0 Å². The third kappa shape index (κ3) is 5.47. The minimum atomic E-state index is 0.125. The van der Waals surface area contributed by atoms with Crippen LogP contribution >= 0.6 is 0 Å². The molecule has 0 atom stereocenters. The van der Waals surface area contributed by atoms with E-state index >= 15 is 0 Å². The monoisotopic (exact) mass is 296 g/mol. The Balaban J connectivity index is 1.51. The first kappa shape index (κ1) is 16.6. The number of rotatable bonds is 5. The van der Waals surface area contributed by atoms with E-state index in [4.69, 9.17) is 0 Å². The van der Waals surface area contributed by atoms with Gasteiger partial charge in [-0.1, -0.05) is 13.8 Å². The van der Waals surface area contributed by atoms with E-state index in [9.17, 15) is 4.79 Å². The van der Waals surface area contributed by atoms with E-state index in [0.29, 0.717) is 5.41 Å². The molecule has 0 spiro atoms. The van der Waals surface area contributed by atoms with Crippen molar-refractivity contribution >= 4 is 6.03 Å². The Bertz CT molecular complexity index is 337. The molecule has 0 aliphatic carbocycles. The predicted molar refractivity (Wildman–Crippen MR) is 86.5 cm³/mol. The third-order valence-corrected chi connectivity index (χ3v) is 4.74. The fourth-order valence-corrected chi connectivity index (χ4v) is 3.12. The van der Waals surface area contributed by atoms with Crippen LogP contribution in [0.1, 0.15) is 33.1 Å². The number of piperazine rings is 1. The van der Waals surface area contributed by atoms with Gasteiger partial charge in [-0.2, -0.15) is 0 Å². The molecule has 0 radical (unpaired) electrons. The van der Waals surface area contributed by atoms with Crippen molar-refractivity contribution < 1.29 is 4.79 Å². The molecule has 122 valence electrons. The van der Waals surface area contributed by atoms with E-state index in [1.54, 1.807) is 0 Å². The van der Waals surface area contributed by atoms with Crippen molar-refractivity contribution in [1.82, 2.24) is 20.0 Å². The van der Waals surface area contributed by atoms with E-state index in [1.165, 1.54) is 39.1 Å². The molecule has 2 fully saturated rings. The maximum absolute atomic E-state index is 12.0. The Hall–Kier alpha value is -0.810. The lowest BCUT2D eigenvalue weighted by Gasteiger charge is -2.32. The molecule has 0 aromatic heterocycles. The molecule has 0 bridgehead atoms.